The summed E-state index contributed by atoms with van der Waals surface area (Å²) in [5.41, 5.74) is 0. The second kappa shape index (κ2) is 10.8. The van der Waals surface area contributed by atoms with Crippen LogP contribution >= 0.6 is 0 Å². The maximum Gasteiger partial charge on any atom is 0.191 e. The Labute approximate surface area is 171 Å². The number of nitrogens with zero attached hydrogens (tertiary/aromatic N) is 4. The van der Waals surface area contributed by atoms with E-state index in [-0.39, 0.29) is 11.9 Å². The summed E-state index contributed by atoms with van der Waals surface area (Å²) in [6.45, 7) is 4.35. The number of aryl methyl sites for hydroxylation is 1. The van der Waals surface area contributed by atoms with Crippen LogP contribution in [0.5, 0.6) is 5.75 Å². The monoisotopic (exact) mass is 402 g/mol. The van der Waals surface area contributed by atoms with Gasteiger partial charge < -0.3 is 19.9 Å². The zero-order valence-corrected chi connectivity index (χ0v) is 17.3. The Morgan fingerprint density at radius 2 is 2.17 bits per heavy atom. The van der Waals surface area contributed by atoms with Gasteiger partial charge in [0.25, 0.3) is 0 Å². The van der Waals surface area contributed by atoms with Crippen LogP contribution in [0.3, 0.4) is 0 Å². The number of hydrogen-bond donors (Lipinski definition) is 2. The molecule has 0 spiro atoms. The van der Waals surface area contributed by atoms with E-state index in [1.54, 1.807) is 19.2 Å². The molecule has 1 aromatic carbocycles. The molecule has 0 radical (unpaired) electrons. The molecule has 1 aliphatic rings. The Kier molecular flexibility index (Phi) is 7.84. The van der Waals surface area contributed by atoms with Gasteiger partial charge in [-0.15, -0.1) is 10.2 Å². The number of guanidine groups is 1. The Morgan fingerprint density at radius 3 is 2.97 bits per heavy atom. The molecule has 2 aromatic rings. The second-order valence-corrected chi connectivity index (χ2v) is 7.23. The highest BCUT2D eigenvalue weighted by atomic mass is 19.1. The van der Waals surface area contributed by atoms with Crippen molar-refractivity contribution in [1.82, 2.24) is 25.4 Å². The lowest BCUT2D eigenvalue weighted by Crippen LogP contribution is -2.43. The fourth-order valence-corrected chi connectivity index (χ4v) is 3.46. The third kappa shape index (κ3) is 6.17. The van der Waals surface area contributed by atoms with E-state index in [1.165, 1.54) is 31.4 Å². The molecule has 0 amide bonds. The number of fused-ring (bicyclic) bond motifs is 1. The van der Waals surface area contributed by atoms with Crippen molar-refractivity contribution in [3.63, 3.8) is 0 Å². The maximum absolute atomic E-state index is 13.3. The summed E-state index contributed by atoms with van der Waals surface area (Å²) in [5, 5.41) is 15.3. The average Bonchev–Trinajstić information content (AvgIpc) is 2.95. The number of aliphatic imine (C=N–C) groups is 1. The van der Waals surface area contributed by atoms with E-state index in [9.17, 15) is 4.39 Å². The largest absolute Gasteiger partial charge is 0.489 e. The van der Waals surface area contributed by atoms with Gasteiger partial charge in [-0.3, -0.25) is 4.99 Å². The van der Waals surface area contributed by atoms with Crippen molar-refractivity contribution in [3.8, 4) is 5.75 Å². The Bertz CT molecular complexity index is 806. The average molecular weight is 403 g/mol. The molecule has 158 valence electrons. The summed E-state index contributed by atoms with van der Waals surface area (Å²) < 4.78 is 21.5. The molecule has 0 fully saturated rings. The minimum absolute atomic E-state index is 0.0809. The number of halogens is 1. The lowest BCUT2D eigenvalue weighted by atomic mass is 10.2. The minimum atomic E-state index is -0.297. The summed E-state index contributed by atoms with van der Waals surface area (Å²) >= 11 is 0. The fourth-order valence-electron chi connectivity index (χ4n) is 3.46. The van der Waals surface area contributed by atoms with E-state index in [0.717, 1.165) is 44.0 Å². The maximum atomic E-state index is 13.3. The zero-order chi connectivity index (χ0) is 20.5. The van der Waals surface area contributed by atoms with Gasteiger partial charge in [0, 0.05) is 39.0 Å². The van der Waals surface area contributed by atoms with Gasteiger partial charge in [0.05, 0.1) is 6.54 Å². The summed E-state index contributed by atoms with van der Waals surface area (Å²) in [6.07, 6.45) is 6.18. The molecule has 1 aliphatic heterocycles. The van der Waals surface area contributed by atoms with Crippen LogP contribution in [0.1, 0.15) is 44.3 Å². The van der Waals surface area contributed by atoms with E-state index in [1.807, 2.05) is 6.92 Å². The topological polar surface area (TPSA) is 76.4 Å². The van der Waals surface area contributed by atoms with Crippen molar-refractivity contribution in [2.45, 2.75) is 58.1 Å². The third-order valence-corrected chi connectivity index (χ3v) is 5.10. The van der Waals surface area contributed by atoms with Crippen LogP contribution in [0.2, 0.25) is 0 Å². The van der Waals surface area contributed by atoms with Crippen LogP contribution in [0, 0.1) is 5.82 Å². The molecule has 1 aromatic heterocycles. The normalized spacial score (nSPS) is 15.3. The van der Waals surface area contributed by atoms with Crippen molar-refractivity contribution < 1.29 is 9.13 Å². The van der Waals surface area contributed by atoms with Crippen LogP contribution in [0.25, 0.3) is 0 Å². The number of nitrogens with one attached hydrogen (secondary N) is 2. The van der Waals surface area contributed by atoms with Crippen LogP contribution in [0.4, 0.5) is 4.39 Å². The first-order valence-electron chi connectivity index (χ1n) is 10.5. The number of aromatic nitrogens is 3. The van der Waals surface area contributed by atoms with Crippen molar-refractivity contribution in [1.29, 1.82) is 0 Å². The summed E-state index contributed by atoms with van der Waals surface area (Å²) in [6, 6.07) is 6.22. The number of hydrogen-bond acceptors (Lipinski definition) is 4. The molecule has 2 N–H and O–H groups in total. The van der Waals surface area contributed by atoms with Gasteiger partial charge in [0.1, 0.15) is 29.3 Å². The lowest BCUT2D eigenvalue weighted by Gasteiger charge is -2.20. The van der Waals surface area contributed by atoms with Gasteiger partial charge in [-0.25, -0.2) is 4.39 Å². The van der Waals surface area contributed by atoms with Crippen molar-refractivity contribution in [3.05, 3.63) is 41.7 Å². The second-order valence-electron chi connectivity index (χ2n) is 7.23. The number of ether oxygens (including phenoxy) is 1. The van der Waals surface area contributed by atoms with E-state index in [0.29, 0.717) is 18.3 Å². The fraction of sp³-hybridized carbons (Fsp3) is 0.571. The van der Waals surface area contributed by atoms with Crippen LogP contribution in [-0.4, -0.2) is 47.0 Å². The highest BCUT2D eigenvalue weighted by Gasteiger charge is 2.14. The summed E-state index contributed by atoms with van der Waals surface area (Å²) in [4.78, 5) is 4.27. The zero-order valence-electron chi connectivity index (χ0n) is 17.3. The third-order valence-electron chi connectivity index (χ3n) is 5.10. The molecular formula is C21H31FN6O. The Balaban J connectivity index is 1.45. The molecule has 2 heterocycles. The molecule has 1 unspecified atom stereocenters. The molecule has 3 rings (SSSR count). The predicted octanol–water partition coefficient (Wildman–Crippen LogP) is 2.71. The van der Waals surface area contributed by atoms with Gasteiger partial charge in [-0.05, 0) is 31.4 Å². The first-order valence-corrected chi connectivity index (χ1v) is 10.5. The predicted molar refractivity (Wildman–Crippen MR) is 112 cm³/mol. The molecule has 0 bridgehead atoms. The Morgan fingerprint density at radius 1 is 1.28 bits per heavy atom. The van der Waals surface area contributed by atoms with Gasteiger partial charge in [-0.2, -0.15) is 0 Å². The minimum Gasteiger partial charge on any atom is -0.489 e. The highest BCUT2D eigenvalue weighted by molar-refractivity contribution is 5.79. The van der Waals surface area contributed by atoms with Gasteiger partial charge in [0.2, 0.25) is 0 Å². The highest BCUT2D eigenvalue weighted by Crippen LogP contribution is 2.15. The van der Waals surface area contributed by atoms with Gasteiger partial charge >= 0.3 is 0 Å². The van der Waals surface area contributed by atoms with E-state index in [2.05, 4.69) is 30.4 Å². The summed E-state index contributed by atoms with van der Waals surface area (Å²) in [5.74, 6) is 3.09. The van der Waals surface area contributed by atoms with Crippen LogP contribution in [-0.2, 0) is 19.4 Å². The summed E-state index contributed by atoms with van der Waals surface area (Å²) in [7, 11) is 1.74. The molecule has 0 saturated carbocycles. The SMILES string of the molecule is CCC(CNC(=NC)NCCc1nnc2n1CCCCC2)Oc1cccc(F)c1. The molecule has 0 aliphatic carbocycles. The molecule has 0 saturated heterocycles. The number of benzene rings is 1. The molecular weight excluding hydrogens is 371 g/mol. The smallest absolute Gasteiger partial charge is 0.191 e. The Hall–Kier alpha value is -2.64. The first-order chi connectivity index (χ1) is 14.2. The van der Waals surface area contributed by atoms with Crippen molar-refractivity contribution in [2.24, 2.45) is 4.99 Å². The molecule has 29 heavy (non-hydrogen) atoms. The van der Waals surface area contributed by atoms with Gasteiger partial charge in [-0.1, -0.05) is 19.4 Å². The van der Waals surface area contributed by atoms with Crippen LogP contribution < -0.4 is 15.4 Å². The van der Waals surface area contributed by atoms with E-state index >= 15 is 0 Å². The van der Waals surface area contributed by atoms with Crippen molar-refractivity contribution in [2.75, 3.05) is 20.1 Å². The first kappa shape index (κ1) is 21.1. The number of rotatable bonds is 8. The lowest BCUT2D eigenvalue weighted by molar-refractivity contribution is 0.199. The van der Waals surface area contributed by atoms with Gasteiger partial charge in [0.15, 0.2) is 5.96 Å². The standard InChI is InChI=1S/C21H31FN6O/c1-3-17(29-18-9-7-8-16(22)14-18)15-25-21(23-2)24-12-11-20-27-26-19-10-5-4-6-13-28(19)20/h7-9,14,17H,3-6,10-13,15H2,1-2H3,(H2,23,24,25). The van der Waals surface area contributed by atoms with E-state index in [4.69, 9.17) is 4.74 Å². The molecule has 7 nitrogen and oxygen atoms in total. The van der Waals surface area contributed by atoms with Crippen molar-refractivity contribution >= 4 is 5.96 Å². The van der Waals surface area contributed by atoms with Crippen LogP contribution in [0.15, 0.2) is 29.3 Å². The molecule has 8 heteroatoms. The quantitative estimate of drug-likeness (QED) is 0.524. The van der Waals surface area contributed by atoms with E-state index < -0.39 is 0 Å². The molecule has 1 atom stereocenters.